The zero-order chi connectivity index (χ0) is 21.9. The summed E-state index contributed by atoms with van der Waals surface area (Å²) >= 11 is 0. The number of ether oxygens (including phenoxy) is 1. The van der Waals surface area contributed by atoms with Crippen LogP contribution in [0.3, 0.4) is 0 Å². The topological polar surface area (TPSA) is 59.4 Å². The molecule has 3 aromatic rings. The molecule has 0 spiro atoms. The third-order valence-corrected chi connectivity index (χ3v) is 6.06. The Bertz CT molecular complexity index is 1130. The molecule has 0 saturated carbocycles. The zero-order valence-corrected chi connectivity index (χ0v) is 17.9. The molecular formula is C25H27FN4O2. The number of hydrogen-bond acceptors (Lipinski definition) is 4. The fourth-order valence-corrected chi connectivity index (χ4v) is 4.31. The van der Waals surface area contributed by atoms with Crippen LogP contribution in [0, 0.1) is 0 Å². The number of likely N-dealkylation sites (tertiary alicyclic amines) is 1. The Morgan fingerprint density at radius 1 is 1.22 bits per heavy atom. The minimum atomic E-state index is -0.738. The molecule has 1 aromatic heterocycles. The second kappa shape index (κ2) is 9.22. The van der Waals surface area contributed by atoms with Crippen LogP contribution in [0.2, 0.25) is 0 Å². The molecule has 2 aliphatic heterocycles. The van der Waals surface area contributed by atoms with Crippen molar-refractivity contribution in [3.05, 3.63) is 65.9 Å². The molecule has 5 rings (SSSR count). The highest BCUT2D eigenvalue weighted by atomic mass is 19.1. The third kappa shape index (κ3) is 4.59. The normalized spacial score (nSPS) is 20.0. The second-order valence-corrected chi connectivity index (χ2v) is 8.50. The third-order valence-electron chi connectivity index (χ3n) is 6.06. The van der Waals surface area contributed by atoms with Gasteiger partial charge in [-0.3, -0.25) is 9.69 Å². The Hall–Kier alpha value is -3.03. The predicted octanol–water partition coefficient (Wildman–Crippen LogP) is 4.54. The van der Waals surface area contributed by atoms with Crippen molar-refractivity contribution in [1.82, 2.24) is 14.7 Å². The number of alkyl halides is 1. The van der Waals surface area contributed by atoms with Crippen molar-refractivity contribution in [2.45, 2.75) is 38.2 Å². The SMILES string of the molecule is O=C(/C=C/c1ccc2cnn(C3CCCCO3)c2c1)Nc1ccccc1CN1CC(F)C1. The number of carbonyl (C=O) groups is 1. The van der Waals surface area contributed by atoms with Gasteiger partial charge in [-0.2, -0.15) is 5.10 Å². The molecule has 2 saturated heterocycles. The van der Waals surface area contributed by atoms with Crippen molar-refractivity contribution in [2.24, 2.45) is 0 Å². The molecule has 1 atom stereocenters. The van der Waals surface area contributed by atoms with E-state index in [9.17, 15) is 9.18 Å². The average molecular weight is 435 g/mol. The monoisotopic (exact) mass is 434 g/mol. The molecule has 0 bridgehead atoms. The molecule has 2 aromatic carbocycles. The second-order valence-electron chi connectivity index (χ2n) is 8.50. The number of benzene rings is 2. The zero-order valence-electron chi connectivity index (χ0n) is 17.9. The first-order chi connectivity index (χ1) is 15.7. The summed E-state index contributed by atoms with van der Waals surface area (Å²) in [7, 11) is 0. The van der Waals surface area contributed by atoms with Crippen molar-refractivity contribution in [2.75, 3.05) is 25.0 Å². The van der Waals surface area contributed by atoms with E-state index >= 15 is 0 Å². The maximum absolute atomic E-state index is 13.1. The van der Waals surface area contributed by atoms with E-state index in [0.29, 0.717) is 19.6 Å². The van der Waals surface area contributed by atoms with E-state index in [1.807, 2.05) is 58.2 Å². The first kappa shape index (κ1) is 20.8. The molecule has 2 aliphatic rings. The van der Waals surface area contributed by atoms with Gasteiger partial charge in [0, 0.05) is 43.4 Å². The molecule has 7 heteroatoms. The van der Waals surface area contributed by atoms with E-state index in [2.05, 4.69) is 10.4 Å². The smallest absolute Gasteiger partial charge is 0.248 e. The van der Waals surface area contributed by atoms with E-state index < -0.39 is 6.17 Å². The van der Waals surface area contributed by atoms with E-state index in [1.165, 1.54) is 6.08 Å². The van der Waals surface area contributed by atoms with Gasteiger partial charge < -0.3 is 10.1 Å². The van der Waals surface area contributed by atoms with Gasteiger partial charge in [0.15, 0.2) is 6.23 Å². The fraction of sp³-hybridized carbons (Fsp3) is 0.360. The number of nitrogens with zero attached hydrogens (tertiary/aromatic N) is 3. The van der Waals surface area contributed by atoms with Crippen LogP contribution in [-0.2, 0) is 16.1 Å². The van der Waals surface area contributed by atoms with Gasteiger partial charge in [0.05, 0.1) is 11.7 Å². The van der Waals surface area contributed by atoms with Crippen molar-refractivity contribution in [3.63, 3.8) is 0 Å². The molecule has 6 nitrogen and oxygen atoms in total. The molecule has 0 aliphatic carbocycles. The summed E-state index contributed by atoms with van der Waals surface area (Å²) in [5.41, 5.74) is 3.67. The highest BCUT2D eigenvalue weighted by molar-refractivity contribution is 6.02. The lowest BCUT2D eigenvalue weighted by molar-refractivity contribution is -0.111. The summed E-state index contributed by atoms with van der Waals surface area (Å²) in [6.07, 6.45) is 7.62. The van der Waals surface area contributed by atoms with Crippen molar-refractivity contribution in [3.8, 4) is 0 Å². The summed E-state index contributed by atoms with van der Waals surface area (Å²) < 4.78 is 20.9. The lowest BCUT2D eigenvalue weighted by Crippen LogP contribution is -2.47. The molecule has 0 radical (unpaired) electrons. The van der Waals surface area contributed by atoms with Crippen LogP contribution in [0.15, 0.2) is 54.7 Å². The Balaban J connectivity index is 1.28. The molecule has 3 heterocycles. The number of carbonyl (C=O) groups excluding carboxylic acids is 1. The van der Waals surface area contributed by atoms with E-state index in [4.69, 9.17) is 4.74 Å². The molecule has 1 unspecified atom stereocenters. The first-order valence-corrected chi connectivity index (χ1v) is 11.2. The molecular weight excluding hydrogens is 407 g/mol. The maximum atomic E-state index is 13.1. The number of fused-ring (bicyclic) bond motifs is 1. The van der Waals surface area contributed by atoms with Gasteiger partial charge in [0.2, 0.25) is 5.91 Å². The van der Waals surface area contributed by atoms with Gasteiger partial charge in [0.25, 0.3) is 0 Å². The molecule has 166 valence electrons. The van der Waals surface area contributed by atoms with E-state index in [0.717, 1.165) is 53.6 Å². The van der Waals surface area contributed by atoms with Crippen LogP contribution in [0.1, 0.15) is 36.6 Å². The van der Waals surface area contributed by atoms with Crippen molar-refractivity contribution >= 4 is 28.6 Å². The lowest BCUT2D eigenvalue weighted by atomic mass is 10.1. The Kier molecular flexibility index (Phi) is 6.01. The largest absolute Gasteiger partial charge is 0.356 e. The Morgan fingerprint density at radius 2 is 2.09 bits per heavy atom. The number of rotatable bonds is 6. The minimum absolute atomic E-state index is 0.0284. The molecule has 1 N–H and O–H groups in total. The van der Waals surface area contributed by atoms with Crippen LogP contribution in [0.25, 0.3) is 17.0 Å². The Morgan fingerprint density at radius 3 is 2.91 bits per heavy atom. The molecule has 32 heavy (non-hydrogen) atoms. The number of nitrogens with one attached hydrogen (secondary N) is 1. The average Bonchev–Trinajstić information content (AvgIpc) is 3.22. The van der Waals surface area contributed by atoms with Crippen LogP contribution in [0.5, 0.6) is 0 Å². The standard InChI is InChI=1S/C25H27FN4O2/c26-21-16-29(17-21)15-20-5-1-2-6-22(20)28-24(31)11-9-18-8-10-19-14-27-30(23(19)13-18)25-7-3-4-12-32-25/h1-2,5-6,8-11,13-14,21,25H,3-4,7,12,15-17H2,(H,28,31)/b11-9+. The van der Waals surface area contributed by atoms with Gasteiger partial charge in [-0.1, -0.05) is 30.3 Å². The van der Waals surface area contributed by atoms with Gasteiger partial charge in [-0.25, -0.2) is 9.07 Å². The number of amides is 1. The summed E-state index contributed by atoms with van der Waals surface area (Å²) in [5.74, 6) is -0.200. The number of halogens is 1. The molecule has 2 fully saturated rings. The van der Waals surface area contributed by atoms with Crippen LogP contribution < -0.4 is 5.32 Å². The van der Waals surface area contributed by atoms with Crippen LogP contribution in [-0.4, -0.2) is 46.5 Å². The van der Waals surface area contributed by atoms with Gasteiger partial charge in [0.1, 0.15) is 6.17 Å². The summed E-state index contributed by atoms with van der Waals surface area (Å²) in [6, 6.07) is 13.7. The summed E-state index contributed by atoms with van der Waals surface area (Å²) in [6.45, 7) is 2.30. The van der Waals surface area contributed by atoms with Crippen molar-refractivity contribution in [1.29, 1.82) is 0 Å². The fourth-order valence-electron chi connectivity index (χ4n) is 4.31. The van der Waals surface area contributed by atoms with Gasteiger partial charge in [-0.15, -0.1) is 0 Å². The minimum Gasteiger partial charge on any atom is -0.356 e. The highest BCUT2D eigenvalue weighted by Crippen LogP contribution is 2.27. The van der Waals surface area contributed by atoms with E-state index in [-0.39, 0.29) is 12.1 Å². The van der Waals surface area contributed by atoms with Gasteiger partial charge >= 0.3 is 0 Å². The first-order valence-electron chi connectivity index (χ1n) is 11.2. The highest BCUT2D eigenvalue weighted by Gasteiger charge is 2.26. The number of aromatic nitrogens is 2. The van der Waals surface area contributed by atoms with Crippen LogP contribution in [0.4, 0.5) is 10.1 Å². The van der Waals surface area contributed by atoms with Crippen molar-refractivity contribution < 1.29 is 13.9 Å². The lowest BCUT2D eigenvalue weighted by Gasteiger charge is -2.34. The maximum Gasteiger partial charge on any atom is 0.248 e. The summed E-state index contributed by atoms with van der Waals surface area (Å²) in [5, 5.41) is 8.53. The summed E-state index contributed by atoms with van der Waals surface area (Å²) in [4.78, 5) is 14.6. The van der Waals surface area contributed by atoms with Crippen LogP contribution >= 0.6 is 0 Å². The van der Waals surface area contributed by atoms with Gasteiger partial charge in [-0.05, 0) is 48.6 Å². The quantitative estimate of drug-likeness (QED) is 0.579. The number of para-hydroxylation sites is 1. The predicted molar refractivity (Wildman–Crippen MR) is 123 cm³/mol. The van der Waals surface area contributed by atoms with E-state index in [1.54, 1.807) is 6.08 Å². The Labute approximate surface area is 186 Å². The number of hydrogen-bond donors (Lipinski definition) is 1. The molecule has 1 amide bonds. The number of anilines is 1.